The van der Waals surface area contributed by atoms with Crippen molar-refractivity contribution in [3.05, 3.63) is 28.8 Å². The summed E-state index contributed by atoms with van der Waals surface area (Å²) >= 11 is 5.82. The number of nitrogens with zero attached hydrogens (tertiary/aromatic N) is 1. The number of ether oxygens (including phenoxy) is 1. The zero-order valence-electron chi connectivity index (χ0n) is 10.8. The molecular weight excluding hydrogens is 284 g/mol. The van der Waals surface area contributed by atoms with Crippen molar-refractivity contribution in [1.82, 2.24) is 10.2 Å². The zero-order valence-corrected chi connectivity index (χ0v) is 11.6. The first-order valence-corrected chi connectivity index (χ1v) is 6.33. The summed E-state index contributed by atoms with van der Waals surface area (Å²) in [5.74, 6) is -0.854. The highest BCUT2D eigenvalue weighted by molar-refractivity contribution is 6.30. The lowest BCUT2D eigenvalue weighted by Crippen LogP contribution is -2.54. The van der Waals surface area contributed by atoms with Gasteiger partial charge in [-0.25, -0.2) is 0 Å². The van der Waals surface area contributed by atoms with E-state index in [4.69, 9.17) is 16.3 Å². The van der Waals surface area contributed by atoms with Gasteiger partial charge in [0.1, 0.15) is 18.8 Å². The van der Waals surface area contributed by atoms with Crippen molar-refractivity contribution in [2.75, 3.05) is 19.7 Å². The second kappa shape index (κ2) is 5.92. The van der Waals surface area contributed by atoms with Crippen LogP contribution in [0.25, 0.3) is 0 Å². The fraction of sp³-hybridized carbons (Fsp3) is 0.308. The van der Waals surface area contributed by atoms with Crippen LogP contribution >= 0.6 is 11.6 Å². The molecule has 0 unspecified atom stereocenters. The van der Waals surface area contributed by atoms with Gasteiger partial charge in [0.25, 0.3) is 5.91 Å². The standard InChI is InChI=1S/C13H13ClN2O4/c1-8-4-9(14)2-3-10(8)20-7-13(19)16-5-11(17)15-12(18)6-16/h2-4H,5-7H2,1H3,(H,15,17,18). The monoisotopic (exact) mass is 296 g/mol. The van der Waals surface area contributed by atoms with Gasteiger partial charge in [-0.15, -0.1) is 0 Å². The van der Waals surface area contributed by atoms with Gasteiger partial charge in [0.05, 0.1) is 0 Å². The first kappa shape index (κ1) is 14.3. The molecule has 1 fully saturated rings. The van der Waals surface area contributed by atoms with E-state index in [1.54, 1.807) is 18.2 Å². The number of aryl methyl sites for hydroxylation is 1. The third-order valence-electron chi connectivity index (χ3n) is 2.79. The van der Waals surface area contributed by atoms with E-state index in [1.165, 1.54) is 0 Å². The lowest BCUT2D eigenvalue weighted by Gasteiger charge is -2.25. The van der Waals surface area contributed by atoms with Gasteiger partial charge in [0.15, 0.2) is 6.61 Å². The molecule has 2 rings (SSSR count). The summed E-state index contributed by atoms with van der Waals surface area (Å²) in [4.78, 5) is 35.4. The van der Waals surface area contributed by atoms with Gasteiger partial charge in [0.2, 0.25) is 11.8 Å². The molecule has 1 aromatic carbocycles. The highest BCUT2D eigenvalue weighted by Gasteiger charge is 2.26. The Morgan fingerprint density at radius 3 is 2.60 bits per heavy atom. The smallest absolute Gasteiger partial charge is 0.261 e. The Labute approximate surface area is 120 Å². The van der Waals surface area contributed by atoms with Crippen molar-refractivity contribution >= 4 is 29.3 Å². The van der Waals surface area contributed by atoms with Crippen LogP contribution in [0.5, 0.6) is 5.75 Å². The molecule has 1 aromatic rings. The highest BCUT2D eigenvalue weighted by Crippen LogP contribution is 2.21. The predicted molar refractivity (Wildman–Crippen MR) is 71.4 cm³/mol. The number of rotatable bonds is 3. The Morgan fingerprint density at radius 1 is 1.35 bits per heavy atom. The largest absolute Gasteiger partial charge is 0.483 e. The molecule has 1 N–H and O–H groups in total. The number of benzene rings is 1. The van der Waals surface area contributed by atoms with Crippen LogP contribution in [0, 0.1) is 6.92 Å². The van der Waals surface area contributed by atoms with Crippen LogP contribution in [0.3, 0.4) is 0 Å². The SMILES string of the molecule is Cc1cc(Cl)ccc1OCC(=O)N1CC(=O)NC(=O)C1. The quantitative estimate of drug-likeness (QED) is 0.825. The number of imide groups is 1. The summed E-state index contributed by atoms with van der Waals surface area (Å²) in [6.45, 7) is 1.31. The van der Waals surface area contributed by atoms with Gasteiger partial charge < -0.3 is 9.64 Å². The van der Waals surface area contributed by atoms with Gasteiger partial charge in [-0.2, -0.15) is 0 Å². The van der Waals surface area contributed by atoms with E-state index in [-0.39, 0.29) is 19.7 Å². The van der Waals surface area contributed by atoms with Crippen LogP contribution in [-0.4, -0.2) is 42.3 Å². The Bertz CT molecular complexity index is 557. The minimum absolute atomic E-state index is 0.131. The third kappa shape index (κ3) is 3.48. The average Bonchev–Trinajstić information content (AvgIpc) is 2.36. The second-order valence-corrected chi connectivity index (χ2v) is 4.86. The van der Waals surface area contributed by atoms with E-state index in [1.807, 2.05) is 6.92 Å². The van der Waals surface area contributed by atoms with Crippen molar-refractivity contribution in [3.63, 3.8) is 0 Å². The Kier molecular flexibility index (Phi) is 4.24. The molecule has 0 aromatic heterocycles. The fourth-order valence-corrected chi connectivity index (χ4v) is 2.05. The molecule has 3 amide bonds. The summed E-state index contributed by atoms with van der Waals surface area (Å²) in [7, 11) is 0. The number of piperazine rings is 1. The Morgan fingerprint density at radius 2 is 2.00 bits per heavy atom. The van der Waals surface area contributed by atoms with Gasteiger partial charge in [-0.05, 0) is 30.7 Å². The Balaban J connectivity index is 1.95. The van der Waals surface area contributed by atoms with E-state index in [2.05, 4.69) is 5.32 Å². The second-order valence-electron chi connectivity index (χ2n) is 4.42. The molecule has 1 saturated heterocycles. The normalized spacial score (nSPS) is 15.0. The first-order valence-electron chi connectivity index (χ1n) is 5.95. The van der Waals surface area contributed by atoms with Gasteiger partial charge in [-0.1, -0.05) is 11.6 Å². The number of nitrogens with one attached hydrogen (secondary N) is 1. The molecule has 0 saturated carbocycles. The van der Waals surface area contributed by atoms with E-state index in [0.717, 1.165) is 10.5 Å². The van der Waals surface area contributed by atoms with Crippen molar-refractivity contribution in [1.29, 1.82) is 0 Å². The van der Waals surface area contributed by atoms with Crippen molar-refractivity contribution in [2.45, 2.75) is 6.92 Å². The van der Waals surface area contributed by atoms with Crippen LogP contribution in [0.1, 0.15) is 5.56 Å². The third-order valence-corrected chi connectivity index (χ3v) is 3.02. The predicted octanol–water partition coefficient (Wildman–Crippen LogP) is 0.512. The van der Waals surface area contributed by atoms with Crippen LogP contribution in [-0.2, 0) is 14.4 Å². The average molecular weight is 297 g/mol. The fourth-order valence-electron chi connectivity index (χ4n) is 1.82. The van der Waals surface area contributed by atoms with Crippen molar-refractivity contribution < 1.29 is 19.1 Å². The summed E-state index contributed by atoms with van der Waals surface area (Å²) in [5.41, 5.74) is 0.803. The summed E-state index contributed by atoms with van der Waals surface area (Å²) in [5, 5.41) is 2.71. The molecular formula is C13H13ClN2O4. The van der Waals surface area contributed by atoms with Gasteiger partial charge >= 0.3 is 0 Å². The summed E-state index contributed by atoms with van der Waals surface area (Å²) in [6, 6.07) is 5.05. The van der Waals surface area contributed by atoms with Crippen LogP contribution < -0.4 is 10.1 Å². The number of carbonyl (C=O) groups is 3. The van der Waals surface area contributed by atoms with Gasteiger partial charge in [0, 0.05) is 5.02 Å². The molecule has 0 radical (unpaired) electrons. The van der Waals surface area contributed by atoms with E-state index in [9.17, 15) is 14.4 Å². The molecule has 20 heavy (non-hydrogen) atoms. The lowest BCUT2D eigenvalue weighted by atomic mass is 10.2. The molecule has 1 aliphatic heterocycles. The van der Waals surface area contributed by atoms with Crippen LogP contribution in [0.2, 0.25) is 5.02 Å². The molecule has 1 heterocycles. The molecule has 7 heteroatoms. The molecule has 0 spiro atoms. The number of halogens is 1. The number of carbonyl (C=O) groups excluding carboxylic acids is 3. The van der Waals surface area contributed by atoms with Gasteiger partial charge in [-0.3, -0.25) is 19.7 Å². The van der Waals surface area contributed by atoms with Crippen LogP contribution in [0.4, 0.5) is 0 Å². The molecule has 0 bridgehead atoms. The minimum Gasteiger partial charge on any atom is -0.483 e. The highest BCUT2D eigenvalue weighted by atomic mass is 35.5. The zero-order chi connectivity index (χ0) is 14.7. The Hall–Kier alpha value is -2.08. The number of hydrogen-bond donors (Lipinski definition) is 1. The van der Waals surface area contributed by atoms with E-state index in [0.29, 0.717) is 10.8 Å². The first-order chi connectivity index (χ1) is 9.45. The molecule has 106 valence electrons. The maximum absolute atomic E-state index is 11.9. The van der Waals surface area contributed by atoms with Crippen molar-refractivity contribution in [3.8, 4) is 5.75 Å². The number of amides is 3. The van der Waals surface area contributed by atoms with Crippen LogP contribution in [0.15, 0.2) is 18.2 Å². The minimum atomic E-state index is -0.489. The summed E-state index contributed by atoms with van der Waals surface area (Å²) in [6.07, 6.45) is 0. The molecule has 1 aliphatic rings. The molecule has 0 aliphatic carbocycles. The maximum Gasteiger partial charge on any atom is 0.261 e. The summed E-state index contributed by atoms with van der Waals surface area (Å²) < 4.78 is 5.38. The molecule has 0 atom stereocenters. The lowest BCUT2D eigenvalue weighted by molar-refractivity contribution is -0.146. The van der Waals surface area contributed by atoms with E-state index < -0.39 is 17.7 Å². The van der Waals surface area contributed by atoms with E-state index >= 15 is 0 Å². The number of hydrogen-bond acceptors (Lipinski definition) is 4. The molecule has 6 nitrogen and oxygen atoms in total. The van der Waals surface area contributed by atoms with Crippen molar-refractivity contribution in [2.24, 2.45) is 0 Å². The topological polar surface area (TPSA) is 75.7 Å². The maximum atomic E-state index is 11.9.